The molecule has 84 valence electrons. The van der Waals surface area contributed by atoms with Crippen LogP contribution in [0.25, 0.3) is 0 Å². The van der Waals surface area contributed by atoms with E-state index in [0.29, 0.717) is 5.69 Å². The Morgan fingerprint density at radius 1 is 1.47 bits per heavy atom. The second kappa shape index (κ2) is 5.12. The van der Waals surface area contributed by atoms with Gasteiger partial charge in [-0.2, -0.15) is 0 Å². The zero-order chi connectivity index (χ0) is 11.4. The van der Waals surface area contributed by atoms with E-state index in [0.717, 1.165) is 18.5 Å². The summed E-state index contributed by atoms with van der Waals surface area (Å²) >= 11 is 0. The SMILES string of the molecule is CCCN(C)c1ccc([C@@H](C)N)cc1F. The van der Waals surface area contributed by atoms with E-state index in [9.17, 15) is 4.39 Å². The normalized spacial score (nSPS) is 12.6. The maximum atomic E-state index is 13.7. The van der Waals surface area contributed by atoms with E-state index < -0.39 is 0 Å². The lowest BCUT2D eigenvalue weighted by Gasteiger charge is -2.19. The molecule has 0 aliphatic heterocycles. The maximum absolute atomic E-state index is 13.7. The van der Waals surface area contributed by atoms with E-state index >= 15 is 0 Å². The number of halogens is 1. The Hall–Kier alpha value is -1.09. The predicted octanol–water partition coefficient (Wildman–Crippen LogP) is 2.69. The first-order valence-electron chi connectivity index (χ1n) is 5.32. The molecule has 0 aliphatic rings. The topological polar surface area (TPSA) is 29.3 Å². The van der Waals surface area contributed by atoms with Crippen LogP contribution in [0.1, 0.15) is 31.9 Å². The molecule has 0 spiro atoms. The van der Waals surface area contributed by atoms with Gasteiger partial charge < -0.3 is 10.6 Å². The molecule has 0 saturated heterocycles. The molecule has 3 heteroatoms. The van der Waals surface area contributed by atoms with Crippen LogP contribution < -0.4 is 10.6 Å². The molecule has 0 unspecified atom stereocenters. The lowest BCUT2D eigenvalue weighted by molar-refractivity contribution is 0.616. The number of hydrogen-bond acceptors (Lipinski definition) is 2. The van der Waals surface area contributed by atoms with Gasteiger partial charge in [-0.1, -0.05) is 13.0 Å². The highest BCUT2D eigenvalue weighted by atomic mass is 19.1. The van der Waals surface area contributed by atoms with Gasteiger partial charge in [0.05, 0.1) is 5.69 Å². The minimum absolute atomic E-state index is 0.120. The molecular weight excluding hydrogens is 191 g/mol. The fourth-order valence-corrected chi connectivity index (χ4v) is 1.57. The Morgan fingerprint density at radius 2 is 2.13 bits per heavy atom. The third-order valence-corrected chi connectivity index (χ3v) is 2.47. The van der Waals surface area contributed by atoms with Crippen molar-refractivity contribution < 1.29 is 4.39 Å². The van der Waals surface area contributed by atoms with Gasteiger partial charge in [0, 0.05) is 19.6 Å². The van der Waals surface area contributed by atoms with Gasteiger partial charge in [0.1, 0.15) is 5.82 Å². The van der Waals surface area contributed by atoms with Crippen LogP contribution in [0.2, 0.25) is 0 Å². The number of rotatable bonds is 4. The van der Waals surface area contributed by atoms with E-state index in [1.165, 1.54) is 6.07 Å². The molecule has 0 saturated carbocycles. The molecule has 1 rings (SSSR count). The molecule has 2 N–H and O–H groups in total. The highest BCUT2D eigenvalue weighted by molar-refractivity contribution is 5.48. The second-order valence-electron chi connectivity index (χ2n) is 3.92. The van der Waals surface area contributed by atoms with Crippen molar-refractivity contribution in [3.05, 3.63) is 29.6 Å². The summed E-state index contributed by atoms with van der Waals surface area (Å²) in [6, 6.07) is 5.08. The van der Waals surface area contributed by atoms with Crippen LogP contribution in [0, 0.1) is 5.82 Å². The summed E-state index contributed by atoms with van der Waals surface area (Å²) in [4.78, 5) is 1.92. The summed E-state index contributed by atoms with van der Waals surface area (Å²) in [6.45, 7) is 4.78. The molecule has 0 aliphatic carbocycles. The zero-order valence-corrected chi connectivity index (χ0v) is 9.63. The molecule has 0 amide bonds. The lowest BCUT2D eigenvalue weighted by Crippen LogP contribution is -2.19. The van der Waals surface area contributed by atoms with Crippen molar-refractivity contribution in [2.24, 2.45) is 5.73 Å². The monoisotopic (exact) mass is 210 g/mol. The standard InChI is InChI=1S/C12H19FN2/c1-4-7-15(3)12-6-5-10(9(2)14)8-11(12)13/h5-6,8-9H,4,7,14H2,1-3H3/t9-/m1/s1. The molecular formula is C12H19FN2. The average molecular weight is 210 g/mol. The molecule has 0 heterocycles. The smallest absolute Gasteiger partial charge is 0.146 e. The number of nitrogens with zero attached hydrogens (tertiary/aromatic N) is 1. The van der Waals surface area contributed by atoms with Crippen molar-refractivity contribution >= 4 is 5.69 Å². The molecule has 1 aromatic carbocycles. The molecule has 0 aromatic heterocycles. The maximum Gasteiger partial charge on any atom is 0.146 e. The van der Waals surface area contributed by atoms with Gasteiger partial charge in [0.25, 0.3) is 0 Å². The van der Waals surface area contributed by atoms with Crippen molar-refractivity contribution in [1.29, 1.82) is 0 Å². The number of anilines is 1. The fourth-order valence-electron chi connectivity index (χ4n) is 1.57. The van der Waals surface area contributed by atoms with Gasteiger partial charge in [0.2, 0.25) is 0 Å². The fraction of sp³-hybridized carbons (Fsp3) is 0.500. The summed E-state index contributed by atoms with van der Waals surface area (Å²) in [6.07, 6.45) is 1.00. The minimum Gasteiger partial charge on any atom is -0.372 e. The van der Waals surface area contributed by atoms with Crippen LogP contribution in [0.15, 0.2) is 18.2 Å². The highest BCUT2D eigenvalue weighted by Gasteiger charge is 2.09. The first kappa shape index (κ1) is 12.0. The third-order valence-electron chi connectivity index (χ3n) is 2.47. The van der Waals surface area contributed by atoms with Crippen molar-refractivity contribution in [2.45, 2.75) is 26.3 Å². The highest BCUT2D eigenvalue weighted by Crippen LogP contribution is 2.21. The van der Waals surface area contributed by atoms with Crippen LogP contribution in [0.5, 0.6) is 0 Å². The van der Waals surface area contributed by atoms with E-state index in [1.807, 2.05) is 24.9 Å². The van der Waals surface area contributed by atoms with E-state index in [2.05, 4.69) is 6.92 Å². The van der Waals surface area contributed by atoms with Crippen LogP contribution in [0.4, 0.5) is 10.1 Å². The lowest BCUT2D eigenvalue weighted by atomic mass is 10.1. The van der Waals surface area contributed by atoms with Crippen LogP contribution >= 0.6 is 0 Å². The Morgan fingerprint density at radius 3 is 2.60 bits per heavy atom. The van der Waals surface area contributed by atoms with Crippen molar-refractivity contribution in [2.75, 3.05) is 18.5 Å². The Kier molecular flexibility index (Phi) is 4.09. The van der Waals surface area contributed by atoms with E-state index in [-0.39, 0.29) is 11.9 Å². The van der Waals surface area contributed by atoms with Gasteiger partial charge >= 0.3 is 0 Å². The van der Waals surface area contributed by atoms with Crippen LogP contribution in [0.3, 0.4) is 0 Å². The third kappa shape index (κ3) is 2.93. The summed E-state index contributed by atoms with van der Waals surface area (Å²) in [5, 5.41) is 0. The Balaban J connectivity index is 2.92. The first-order valence-corrected chi connectivity index (χ1v) is 5.32. The van der Waals surface area contributed by atoms with Crippen molar-refractivity contribution in [3.63, 3.8) is 0 Å². The van der Waals surface area contributed by atoms with Crippen LogP contribution in [-0.4, -0.2) is 13.6 Å². The first-order chi connectivity index (χ1) is 7.06. The number of benzene rings is 1. The predicted molar refractivity (Wildman–Crippen MR) is 62.6 cm³/mol. The van der Waals surface area contributed by atoms with Gasteiger partial charge in [-0.05, 0) is 31.0 Å². The molecule has 0 radical (unpaired) electrons. The largest absolute Gasteiger partial charge is 0.372 e. The quantitative estimate of drug-likeness (QED) is 0.828. The van der Waals surface area contributed by atoms with Gasteiger partial charge in [-0.25, -0.2) is 4.39 Å². The van der Waals surface area contributed by atoms with Gasteiger partial charge in [-0.15, -0.1) is 0 Å². The van der Waals surface area contributed by atoms with E-state index in [1.54, 1.807) is 6.07 Å². The molecule has 2 nitrogen and oxygen atoms in total. The van der Waals surface area contributed by atoms with Crippen LogP contribution in [-0.2, 0) is 0 Å². The Bertz CT molecular complexity index is 323. The molecule has 0 bridgehead atoms. The molecule has 0 fully saturated rings. The minimum atomic E-state index is -0.194. The van der Waals surface area contributed by atoms with Gasteiger partial charge in [0.15, 0.2) is 0 Å². The summed E-state index contributed by atoms with van der Waals surface area (Å²) in [5.74, 6) is -0.194. The van der Waals surface area contributed by atoms with Crippen molar-refractivity contribution in [1.82, 2.24) is 0 Å². The zero-order valence-electron chi connectivity index (χ0n) is 9.63. The molecule has 15 heavy (non-hydrogen) atoms. The summed E-state index contributed by atoms with van der Waals surface area (Å²) < 4.78 is 13.7. The summed E-state index contributed by atoms with van der Waals surface area (Å²) in [5.41, 5.74) is 7.16. The Labute approximate surface area is 90.9 Å². The van der Waals surface area contributed by atoms with E-state index in [4.69, 9.17) is 5.73 Å². The average Bonchev–Trinajstić information content (AvgIpc) is 2.17. The van der Waals surface area contributed by atoms with Gasteiger partial charge in [-0.3, -0.25) is 0 Å². The molecule has 1 aromatic rings. The summed E-state index contributed by atoms with van der Waals surface area (Å²) in [7, 11) is 1.90. The number of nitrogens with two attached hydrogens (primary N) is 1. The van der Waals surface area contributed by atoms with Crippen molar-refractivity contribution in [3.8, 4) is 0 Å². The number of hydrogen-bond donors (Lipinski definition) is 1. The second-order valence-corrected chi connectivity index (χ2v) is 3.92. The molecule has 1 atom stereocenters.